The molecule has 8 nitrogen and oxygen atoms in total. The Morgan fingerprint density at radius 3 is 2.39 bits per heavy atom. The summed E-state index contributed by atoms with van der Waals surface area (Å²) in [6.07, 6.45) is 1.45. The highest BCUT2D eigenvalue weighted by molar-refractivity contribution is 7.99. The summed E-state index contributed by atoms with van der Waals surface area (Å²) >= 11 is 19.7. The van der Waals surface area contributed by atoms with Crippen LogP contribution in [0.1, 0.15) is 10.6 Å². The summed E-state index contributed by atoms with van der Waals surface area (Å²) in [6.45, 7) is 1.61. The van der Waals surface area contributed by atoms with Crippen LogP contribution in [0.4, 0.5) is 4.39 Å². The molecule has 4 aromatic rings. The highest BCUT2D eigenvalue weighted by atomic mass is 35.5. The molecule has 0 unspecified atom stereocenters. The van der Waals surface area contributed by atoms with Gasteiger partial charge in [0.05, 0.1) is 27.7 Å². The molecule has 3 heterocycles. The lowest BCUT2D eigenvalue weighted by Gasteiger charge is -2.34. The number of aromatic nitrogens is 3. The summed E-state index contributed by atoms with van der Waals surface area (Å²) in [5.74, 6) is -0.142. The van der Waals surface area contributed by atoms with E-state index in [1.165, 1.54) is 30.2 Å². The third kappa shape index (κ3) is 5.54. The number of carbonyl (C=O) groups is 2. The van der Waals surface area contributed by atoms with Crippen LogP contribution in [0.5, 0.6) is 0 Å². The molecule has 0 spiro atoms. The van der Waals surface area contributed by atoms with Gasteiger partial charge in [0.1, 0.15) is 5.82 Å². The van der Waals surface area contributed by atoms with Gasteiger partial charge in [-0.3, -0.25) is 14.2 Å². The van der Waals surface area contributed by atoms with Crippen molar-refractivity contribution in [2.75, 3.05) is 31.9 Å². The van der Waals surface area contributed by atoms with Gasteiger partial charge in [0, 0.05) is 36.8 Å². The number of carbonyl (C=O) groups excluding carboxylic acids is 2. The second-order valence-corrected chi connectivity index (χ2v) is 10.5. The van der Waals surface area contributed by atoms with Crippen molar-refractivity contribution in [2.24, 2.45) is 0 Å². The van der Waals surface area contributed by atoms with Gasteiger partial charge in [0.2, 0.25) is 5.91 Å². The Bertz CT molecular complexity index is 1490. The van der Waals surface area contributed by atoms with Gasteiger partial charge in [-0.15, -0.1) is 10.2 Å². The molecule has 0 aliphatic carbocycles. The fourth-order valence-electron chi connectivity index (χ4n) is 4.00. The predicted molar refractivity (Wildman–Crippen MR) is 144 cm³/mol. The summed E-state index contributed by atoms with van der Waals surface area (Å²) in [5.41, 5.74) is 1.06. The van der Waals surface area contributed by atoms with Crippen LogP contribution in [0.15, 0.2) is 64.4 Å². The van der Waals surface area contributed by atoms with Crippen molar-refractivity contribution < 1.29 is 18.4 Å². The molecule has 0 bridgehead atoms. The summed E-state index contributed by atoms with van der Waals surface area (Å²) in [4.78, 5) is 28.9. The van der Waals surface area contributed by atoms with Crippen molar-refractivity contribution in [2.45, 2.75) is 5.16 Å². The zero-order valence-electron chi connectivity index (χ0n) is 19.6. The first-order valence-electron chi connectivity index (χ1n) is 11.4. The van der Waals surface area contributed by atoms with Crippen molar-refractivity contribution >= 4 is 58.4 Å². The molecule has 2 aromatic carbocycles. The lowest BCUT2D eigenvalue weighted by Crippen LogP contribution is -2.51. The van der Waals surface area contributed by atoms with Crippen molar-refractivity contribution in [1.82, 2.24) is 24.6 Å². The van der Waals surface area contributed by atoms with E-state index >= 15 is 0 Å². The maximum atomic E-state index is 13.9. The summed E-state index contributed by atoms with van der Waals surface area (Å²) in [5, 5.41) is 9.72. The highest BCUT2D eigenvalue weighted by Crippen LogP contribution is 2.34. The first-order valence-corrected chi connectivity index (χ1v) is 13.5. The zero-order chi connectivity index (χ0) is 26.8. The van der Waals surface area contributed by atoms with Crippen LogP contribution >= 0.6 is 46.6 Å². The van der Waals surface area contributed by atoms with E-state index in [4.69, 9.17) is 39.2 Å². The Labute approximate surface area is 236 Å². The minimum Gasteiger partial charge on any atom is -0.459 e. The molecule has 1 saturated heterocycles. The molecule has 0 N–H and O–H groups in total. The molecule has 1 fully saturated rings. The van der Waals surface area contributed by atoms with Crippen LogP contribution in [0, 0.1) is 5.82 Å². The largest absolute Gasteiger partial charge is 0.459 e. The van der Waals surface area contributed by atoms with Crippen LogP contribution < -0.4 is 0 Å². The fourth-order valence-corrected chi connectivity index (χ4v) is 5.52. The van der Waals surface area contributed by atoms with Gasteiger partial charge < -0.3 is 14.2 Å². The summed E-state index contributed by atoms with van der Waals surface area (Å²) in [7, 11) is 0. The Kier molecular flexibility index (Phi) is 7.94. The van der Waals surface area contributed by atoms with E-state index in [1.54, 1.807) is 50.8 Å². The van der Waals surface area contributed by atoms with Crippen molar-refractivity contribution in [3.05, 3.63) is 81.4 Å². The zero-order valence-corrected chi connectivity index (χ0v) is 22.7. The van der Waals surface area contributed by atoms with E-state index in [2.05, 4.69) is 10.2 Å². The van der Waals surface area contributed by atoms with Gasteiger partial charge in [-0.25, -0.2) is 4.39 Å². The second kappa shape index (κ2) is 11.4. The maximum absolute atomic E-state index is 13.9. The van der Waals surface area contributed by atoms with Crippen LogP contribution in [0.2, 0.25) is 15.1 Å². The number of piperazine rings is 1. The van der Waals surface area contributed by atoms with E-state index in [1.807, 2.05) is 0 Å². The molecule has 0 saturated carbocycles. The van der Waals surface area contributed by atoms with Gasteiger partial charge in [-0.05, 0) is 48.5 Å². The summed E-state index contributed by atoms with van der Waals surface area (Å²) in [6, 6.07) is 12.5. The molecule has 2 aromatic heterocycles. The SMILES string of the molecule is O=C(CSc1nnc(-c2ccc(Cl)cc2Cl)n1-c1ccc(F)c(Cl)c1)N1CCN(C(=O)c2ccco2)CC1. The lowest BCUT2D eigenvalue weighted by atomic mass is 10.2. The molecule has 5 rings (SSSR count). The maximum Gasteiger partial charge on any atom is 0.289 e. The van der Waals surface area contributed by atoms with Crippen molar-refractivity contribution in [1.29, 1.82) is 0 Å². The normalized spacial score (nSPS) is 13.7. The number of rotatable bonds is 6. The molecule has 13 heteroatoms. The monoisotopic (exact) mass is 593 g/mol. The number of furan rings is 1. The Morgan fingerprint density at radius 1 is 0.947 bits per heavy atom. The van der Waals surface area contributed by atoms with Crippen LogP contribution in [-0.2, 0) is 4.79 Å². The van der Waals surface area contributed by atoms with Gasteiger partial charge >= 0.3 is 0 Å². The standard InChI is InChI=1S/C25H19Cl3FN5O3S/c26-15-3-5-17(18(27)12-15)23-30-31-25(34(23)16-4-6-20(29)19(28)13-16)38-14-22(35)32-7-9-33(10-8-32)24(36)21-2-1-11-37-21/h1-6,11-13H,7-10,14H2. The third-order valence-electron chi connectivity index (χ3n) is 5.94. The van der Waals surface area contributed by atoms with Gasteiger partial charge in [0.25, 0.3) is 5.91 Å². The number of thioether (sulfide) groups is 1. The van der Waals surface area contributed by atoms with Crippen LogP contribution in [-0.4, -0.2) is 68.3 Å². The van der Waals surface area contributed by atoms with E-state index in [-0.39, 0.29) is 28.4 Å². The summed E-state index contributed by atoms with van der Waals surface area (Å²) < 4.78 is 20.7. The van der Waals surface area contributed by atoms with E-state index in [0.29, 0.717) is 58.5 Å². The van der Waals surface area contributed by atoms with Crippen LogP contribution in [0.25, 0.3) is 17.1 Å². The fraction of sp³-hybridized carbons (Fsp3) is 0.200. The molecule has 2 amide bonds. The number of nitrogens with zero attached hydrogens (tertiary/aromatic N) is 5. The third-order valence-corrected chi connectivity index (χ3v) is 7.69. The smallest absolute Gasteiger partial charge is 0.289 e. The number of hydrogen-bond acceptors (Lipinski definition) is 6. The molecule has 0 radical (unpaired) electrons. The van der Waals surface area contributed by atoms with E-state index < -0.39 is 5.82 Å². The lowest BCUT2D eigenvalue weighted by molar-refractivity contribution is -0.129. The quantitative estimate of drug-likeness (QED) is 0.266. The van der Waals surface area contributed by atoms with Gasteiger partial charge in [-0.1, -0.05) is 46.6 Å². The average Bonchev–Trinajstić information content (AvgIpc) is 3.59. The Balaban J connectivity index is 1.33. The van der Waals surface area contributed by atoms with E-state index in [0.717, 1.165) is 0 Å². The molecular weight excluding hydrogens is 576 g/mol. The number of halogens is 4. The molecular formula is C25H19Cl3FN5O3S. The minimum atomic E-state index is -0.566. The first kappa shape index (κ1) is 26.6. The minimum absolute atomic E-state index is 0.0710. The predicted octanol–water partition coefficient (Wildman–Crippen LogP) is 5.70. The molecule has 0 atom stereocenters. The number of hydrogen-bond donors (Lipinski definition) is 0. The Morgan fingerprint density at radius 2 is 1.71 bits per heavy atom. The van der Waals surface area contributed by atoms with Crippen LogP contribution in [0.3, 0.4) is 0 Å². The topological polar surface area (TPSA) is 84.5 Å². The molecule has 196 valence electrons. The van der Waals surface area contributed by atoms with Crippen molar-refractivity contribution in [3.63, 3.8) is 0 Å². The Hall–Kier alpha value is -3.05. The highest BCUT2D eigenvalue weighted by Gasteiger charge is 2.27. The number of benzene rings is 2. The van der Waals surface area contributed by atoms with Crippen molar-refractivity contribution in [3.8, 4) is 17.1 Å². The second-order valence-electron chi connectivity index (χ2n) is 8.30. The first-order chi connectivity index (χ1) is 18.3. The molecule has 1 aliphatic heterocycles. The van der Waals surface area contributed by atoms with Gasteiger partial charge in [-0.2, -0.15) is 0 Å². The molecule has 38 heavy (non-hydrogen) atoms. The van der Waals surface area contributed by atoms with E-state index in [9.17, 15) is 14.0 Å². The average molecular weight is 595 g/mol. The number of amides is 2. The molecule has 1 aliphatic rings. The van der Waals surface area contributed by atoms with Gasteiger partial charge in [0.15, 0.2) is 16.7 Å².